The molecule has 0 N–H and O–H groups in total. The Kier molecular flexibility index (Phi) is 5.35. The van der Waals surface area contributed by atoms with E-state index in [-0.39, 0.29) is 6.42 Å². The van der Waals surface area contributed by atoms with Gasteiger partial charge >= 0.3 is 5.97 Å². The highest BCUT2D eigenvalue weighted by atomic mass is 79.9. The number of hydrogen-bond acceptors (Lipinski definition) is 2. The van der Waals surface area contributed by atoms with Crippen LogP contribution in [0.15, 0.2) is 0 Å². The van der Waals surface area contributed by atoms with Gasteiger partial charge in [0.15, 0.2) is 3.24 Å². The minimum atomic E-state index is -1.09. The predicted octanol–water partition coefficient (Wildman–Crippen LogP) is 2.84. The summed E-state index contributed by atoms with van der Waals surface area (Å²) in [5.74, 6) is -0.393. The molecule has 0 rings (SSSR count). The second kappa shape index (κ2) is 4.90. The zero-order chi connectivity index (χ0) is 9.07. The Hall–Kier alpha value is 1.01. The quantitative estimate of drug-likeness (QED) is 0.588. The summed E-state index contributed by atoms with van der Waals surface area (Å²) < 4.78 is 3.35. The maximum absolute atomic E-state index is 10.8. The topological polar surface area (TPSA) is 26.3 Å². The largest absolute Gasteiger partial charge is 0.468 e. The normalized spacial score (nSPS) is 14.3. The number of rotatable bonds is 3. The van der Waals surface area contributed by atoms with E-state index in [4.69, 9.17) is 23.2 Å². The van der Waals surface area contributed by atoms with Gasteiger partial charge in [0.05, 0.1) is 7.11 Å². The molecule has 0 saturated carbocycles. The summed E-state index contributed by atoms with van der Waals surface area (Å²) in [6.45, 7) is 0. The summed E-state index contributed by atoms with van der Waals surface area (Å²) in [5.41, 5.74) is 0. The Morgan fingerprint density at radius 1 is 1.73 bits per heavy atom. The molecular weight excluding hydrogens is 323 g/mol. The number of halogens is 4. The van der Waals surface area contributed by atoms with E-state index in [1.165, 1.54) is 7.11 Å². The molecule has 0 radical (unpaired) electrons. The molecule has 0 aliphatic rings. The molecular formula is C5H6Br2Cl2O2. The van der Waals surface area contributed by atoms with Crippen LogP contribution in [0, 0.1) is 0 Å². The van der Waals surface area contributed by atoms with Gasteiger partial charge in [-0.15, -0.1) is 0 Å². The first kappa shape index (κ1) is 12.0. The van der Waals surface area contributed by atoms with Crippen molar-refractivity contribution >= 4 is 61.0 Å². The first-order valence-electron chi connectivity index (χ1n) is 2.65. The molecule has 0 bridgehead atoms. The summed E-state index contributed by atoms with van der Waals surface area (Å²) in [6.07, 6.45) is 0.239. The lowest BCUT2D eigenvalue weighted by Crippen LogP contribution is -2.21. The SMILES string of the molecule is COC(=O)C(Br)CC(Cl)(Cl)Br. The number of esters is 1. The Balaban J connectivity index is 3.87. The fraction of sp³-hybridized carbons (Fsp3) is 0.800. The third kappa shape index (κ3) is 6.20. The average molecular weight is 329 g/mol. The van der Waals surface area contributed by atoms with Crippen molar-refractivity contribution in [1.82, 2.24) is 0 Å². The smallest absolute Gasteiger partial charge is 0.319 e. The summed E-state index contributed by atoms with van der Waals surface area (Å²) in [4.78, 5) is 10.3. The Labute approximate surface area is 91.8 Å². The molecule has 11 heavy (non-hydrogen) atoms. The molecule has 0 aliphatic heterocycles. The van der Waals surface area contributed by atoms with Crippen molar-refractivity contribution in [3.63, 3.8) is 0 Å². The van der Waals surface area contributed by atoms with E-state index < -0.39 is 14.0 Å². The van der Waals surface area contributed by atoms with Gasteiger partial charge in [-0.1, -0.05) is 39.1 Å². The van der Waals surface area contributed by atoms with Gasteiger partial charge in [-0.2, -0.15) is 0 Å². The Bertz CT molecular complexity index is 146. The minimum absolute atomic E-state index is 0.239. The summed E-state index contributed by atoms with van der Waals surface area (Å²) in [7, 11) is 1.30. The molecule has 1 atom stereocenters. The van der Waals surface area contributed by atoms with Crippen molar-refractivity contribution < 1.29 is 9.53 Å². The van der Waals surface area contributed by atoms with Crippen molar-refractivity contribution in [3.05, 3.63) is 0 Å². The molecule has 0 spiro atoms. The van der Waals surface area contributed by atoms with E-state index >= 15 is 0 Å². The maximum Gasteiger partial charge on any atom is 0.319 e. The molecule has 0 fully saturated rings. The fourth-order valence-electron chi connectivity index (χ4n) is 0.414. The lowest BCUT2D eigenvalue weighted by Gasteiger charge is -2.13. The van der Waals surface area contributed by atoms with Gasteiger partial charge in [0.25, 0.3) is 0 Å². The van der Waals surface area contributed by atoms with Gasteiger partial charge in [-0.25, -0.2) is 0 Å². The van der Waals surface area contributed by atoms with Crippen LogP contribution in [0.5, 0.6) is 0 Å². The second-order valence-corrected chi connectivity index (χ2v) is 6.67. The van der Waals surface area contributed by atoms with Crippen LogP contribution >= 0.6 is 55.1 Å². The third-order valence-electron chi connectivity index (χ3n) is 0.868. The molecule has 66 valence electrons. The van der Waals surface area contributed by atoms with Gasteiger partial charge in [0.2, 0.25) is 0 Å². The zero-order valence-electron chi connectivity index (χ0n) is 5.61. The highest BCUT2D eigenvalue weighted by molar-refractivity contribution is 9.11. The van der Waals surface area contributed by atoms with Crippen LogP contribution in [-0.2, 0) is 9.53 Å². The van der Waals surface area contributed by atoms with Gasteiger partial charge in [-0.3, -0.25) is 4.79 Å². The fourth-order valence-corrected chi connectivity index (χ4v) is 2.53. The number of hydrogen-bond donors (Lipinski definition) is 0. The summed E-state index contributed by atoms with van der Waals surface area (Å²) >= 11 is 17.2. The number of methoxy groups -OCH3 is 1. The Morgan fingerprint density at radius 3 is 2.45 bits per heavy atom. The highest BCUT2D eigenvalue weighted by Crippen LogP contribution is 2.35. The van der Waals surface area contributed by atoms with Gasteiger partial charge in [-0.05, 0) is 15.9 Å². The standard InChI is InChI=1S/C5H6Br2Cl2O2/c1-11-4(10)3(6)2-5(7,8)9/h3H,2H2,1H3. The molecule has 0 aromatic rings. The summed E-state index contributed by atoms with van der Waals surface area (Å²) in [6, 6.07) is 0. The van der Waals surface area contributed by atoms with Gasteiger partial charge in [0.1, 0.15) is 4.83 Å². The van der Waals surface area contributed by atoms with E-state index in [0.29, 0.717) is 0 Å². The molecule has 0 aromatic heterocycles. The van der Waals surface area contributed by atoms with E-state index in [1.54, 1.807) is 0 Å². The van der Waals surface area contributed by atoms with Crippen LogP contribution in [-0.4, -0.2) is 21.1 Å². The van der Waals surface area contributed by atoms with Gasteiger partial charge < -0.3 is 4.74 Å². The number of ether oxygens (including phenoxy) is 1. The lowest BCUT2D eigenvalue weighted by molar-refractivity contribution is -0.139. The van der Waals surface area contributed by atoms with Crippen LogP contribution in [0.3, 0.4) is 0 Å². The summed E-state index contributed by atoms with van der Waals surface area (Å²) in [5, 5.41) is 0. The predicted molar refractivity (Wildman–Crippen MR) is 52.7 cm³/mol. The number of carbonyl (C=O) groups excluding carboxylic acids is 1. The molecule has 0 amide bonds. The molecule has 0 heterocycles. The van der Waals surface area contributed by atoms with E-state index in [1.807, 2.05) is 0 Å². The van der Waals surface area contributed by atoms with E-state index in [0.717, 1.165) is 0 Å². The van der Waals surface area contributed by atoms with Crippen molar-refractivity contribution in [3.8, 4) is 0 Å². The first-order valence-corrected chi connectivity index (χ1v) is 5.12. The Morgan fingerprint density at radius 2 is 2.18 bits per heavy atom. The van der Waals surface area contributed by atoms with Gasteiger partial charge in [0, 0.05) is 6.42 Å². The molecule has 0 aromatic carbocycles. The van der Waals surface area contributed by atoms with Crippen LogP contribution in [0.1, 0.15) is 6.42 Å². The van der Waals surface area contributed by atoms with E-state index in [2.05, 4.69) is 36.6 Å². The zero-order valence-corrected chi connectivity index (χ0v) is 10.3. The molecule has 0 saturated heterocycles. The van der Waals surface area contributed by atoms with Crippen molar-refractivity contribution in [1.29, 1.82) is 0 Å². The molecule has 0 aliphatic carbocycles. The molecule has 2 nitrogen and oxygen atoms in total. The third-order valence-corrected chi connectivity index (χ3v) is 2.20. The van der Waals surface area contributed by atoms with Crippen molar-refractivity contribution in [2.24, 2.45) is 0 Å². The monoisotopic (exact) mass is 326 g/mol. The highest BCUT2D eigenvalue weighted by Gasteiger charge is 2.28. The minimum Gasteiger partial charge on any atom is -0.468 e. The van der Waals surface area contributed by atoms with Crippen LogP contribution in [0.4, 0.5) is 0 Å². The lowest BCUT2D eigenvalue weighted by atomic mass is 10.3. The van der Waals surface area contributed by atoms with Crippen molar-refractivity contribution in [2.75, 3.05) is 7.11 Å². The maximum atomic E-state index is 10.8. The van der Waals surface area contributed by atoms with Crippen LogP contribution < -0.4 is 0 Å². The number of carbonyl (C=O) groups is 1. The first-order chi connectivity index (χ1) is 4.87. The second-order valence-electron chi connectivity index (χ2n) is 1.81. The van der Waals surface area contributed by atoms with Crippen LogP contribution in [0.2, 0.25) is 0 Å². The number of alkyl halides is 4. The van der Waals surface area contributed by atoms with Crippen molar-refractivity contribution in [2.45, 2.75) is 14.5 Å². The molecule has 1 unspecified atom stereocenters. The average Bonchev–Trinajstić information content (AvgIpc) is 1.82. The van der Waals surface area contributed by atoms with Crippen LogP contribution in [0.25, 0.3) is 0 Å². The van der Waals surface area contributed by atoms with E-state index in [9.17, 15) is 4.79 Å². The molecule has 6 heteroatoms.